The summed E-state index contributed by atoms with van der Waals surface area (Å²) in [5, 5.41) is 3.65. The Morgan fingerprint density at radius 1 is 1.09 bits per heavy atom. The number of pyridine rings is 1. The van der Waals surface area contributed by atoms with Crippen LogP contribution in [0.5, 0.6) is 0 Å². The van der Waals surface area contributed by atoms with Crippen molar-refractivity contribution < 1.29 is 14.2 Å². The minimum Gasteiger partial charge on any atom is -0.294 e. The van der Waals surface area contributed by atoms with E-state index in [4.69, 9.17) is 11.6 Å². The second-order valence-corrected chi connectivity index (χ2v) is 9.40. The number of carbonyl (C=O) groups is 2. The molecule has 0 fully saturated rings. The summed E-state index contributed by atoms with van der Waals surface area (Å²) in [7, 11) is 0. The predicted molar refractivity (Wildman–Crippen MR) is 131 cm³/mol. The second kappa shape index (κ2) is 9.43. The molecule has 8 heteroatoms. The molecular formula is C26H28ClN4O3+. The molecule has 0 saturated carbocycles. The van der Waals surface area contributed by atoms with Gasteiger partial charge in [-0.2, -0.15) is 4.57 Å². The molecule has 0 unspecified atom stereocenters. The highest BCUT2D eigenvalue weighted by atomic mass is 35.5. The zero-order valence-corrected chi connectivity index (χ0v) is 20.5. The number of hydrogen-bond donors (Lipinski definition) is 1. The van der Waals surface area contributed by atoms with E-state index in [0.717, 1.165) is 12.0 Å². The number of amides is 2. The number of benzene rings is 1. The van der Waals surface area contributed by atoms with E-state index in [1.54, 1.807) is 41.2 Å². The predicted octanol–water partition coefficient (Wildman–Crippen LogP) is 3.76. The lowest BCUT2D eigenvalue weighted by molar-refractivity contribution is -0.577. The smallest absolute Gasteiger partial charge is 0.294 e. The molecule has 0 radical (unpaired) electrons. The standard InChI is InChI=1S/C26H27ClN4O3/c1-5-8-20-21(25(33)31(28-20)19-11-6-10-18(27)13-19)22-23(29-12-7-9-17(4)15-29)26(34)30(24(22)32)14-16(2)3/h6-7,9-13,15-16H,5,8,14H2,1-4H3/p+1. The number of aryl methyl sites for hydroxylation is 2. The van der Waals surface area contributed by atoms with E-state index < -0.39 is 11.8 Å². The van der Waals surface area contributed by atoms with Crippen LogP contribution in [-0.2, 0) is 16.0 Å². The molecule has 1 aliphatic heterocycles. The number of halogens is 1. The van der Waals surface area contributed by atoms with Crippen LogP contribution in [0.2, 0.25) is 5.02 Å². The second-order valence-electron chi connectivity index (χ2n) is 8.96. The minimum absolute atomic E-state index is 0.0838. The van der Waals surface area contributed by atoms with E-state index in [1.807, 2.05) is 39.8 Å². The fourth-order valence-electron chi connectivity index (χ4n) is 4.26. The number of H-pyrrole nitrogens is 1. The highest BCUT2D eigenvalue weighted by Crippen LogP contribution is 2.31. The topological polar surface area (TPSA) is 79.1 Å². The average molecular weight is 480 g/mol. The first-order valence-corrected chi connectivity index (χ1v) is 11.8. The highest BCUT2D eigenvalue weighted by molar-refractivity contribution is 6.44. The van der Waals surface area contributed by atoms with Crippen LogP contribution in [0.4, 0.5) is 0 Å². The third kappa shape index (κ3) is 4.23. The summed E-state index contributed by atoms with van der Waals surface area (Å²) in [6, 6.07) is 10.7. The first-order chi connectivity index (χ1) is 16.2. The molecule has 0 bridgehead atoms. The quantitative estimate of drug-likeness (QED) is 0.414. The number of imide groups is 1. The van der Waals surface area contributed by atoms with E-state index >= 15 is 0 Å². The van der Waals surface area contributed by atoms with Crippen molar-refractivity contribution in [1.82, 2.24) is 14.7 Å². The zero-order valence-electron chi connectivity index (χ0n) is 19.8. The van der Waals surface area contributed by atoms with Gasteiger partial charge in [-0.25, -0.2) is 4.68 Å². The van der Waals surface area contributed by atoms with Crippen LogP contribution in [0.25, 0.3) is 17.0 Å². The SMILES string of the molecule is CCCc1[nH]n(-c2cccc(Cl)c2)c(=O)c1C1=C([n+]2cccc(C)c2)C(=O)N(CC(C)C)C1=O. The largest absolute Gasteiger partial charge is 0.326 e. The van der Waals surface area contributed by atoms with E-state index in [0.29, 0.717) is 22.8 Å². The molecular weight excluding hydrogens is 452 g/mol. The van der Waals surface area contributed by atoms with Crippen molar-refractivity contribution in [1.29, 1.82) is 0 Å². The van der Waals surface area contributed by atoms with Crippen molar-refractivity contribution in [2.75, 3.05) is 6.54 Å². The van der Waals surface area contributed by atoms with Gasteiger partial charge in [0.15, 0.2) is 12.4 Å². The van der Waals surface area contributed by atoms with Gasteiger partial charge in [0.1, 0.15) is 5.57 Å². The van der Waals surface area contributed by atoms with Crippen molar-refractivity contribution in [3.05, 3.63) is 81.0 Å². The van der Waals surface area contributed by atoms with Gasteiger partial charge in [0.2, 0.25) is 0 Å². The Kier molecular flexibility index (Phi) is 6.57. The van der Waals surface area contributed by atoms with Crippen LogP contribution < -0.4 is 10.1 Å². The Balaban J connectivity index is 2.01. The fraction of sp³-hybridized carbons (Fsp3) is 0.308. The van der Waals surface area contributed by atoms with Gasteiger partial charge < -0.3 is 0 Å². The number of nitrogens with one attached hydrogen (secondary N) is 1. The average Bonchev–Trinajstić information content (AvgIpc) is 3.22. The van der Waals surface area contributed by atoms with Crippen molar-refractivity contribution in [3.8, 4) is 5.69 Å². The first-order valence-electron chi connectivity index (χ1n) is 11.4. The Bertz CT molecular complexity index is 1370. The Morgan fingerprint density at radius 2 is 1.85 bits per heavy atom. The lowest BCUT2D eigenvalue weighted by Crippen LogP contribution is -2.41. The lowest BCUT2D eigenvalue weighted by atomic mass is 10.0. The van der Waals surface area contributed by atoms with E-state index in [2.05, 4.69) is 5.10 Å². The number of hydrogen-bond acceptors (Lipinski definition) is 3. The molecule has 7 nitrogen and oxygen atoms in total. The summed E-state index contributed by atoms with van der Waals surface area (Å²) in [6.45, 7) is 8.07. The molecule has 3 heterocycles. The molecule has 1 aromatic carbocycles. The number of rotatable bonds is 7. The summed E-state index contributed by atoms with van der Waals surface area (Å²) in [4.78, 5) is 42.2. The number of aromatic nitrogens is 3. The van der Waals surface area contributed by atoms with Gasteiger partial charge in [0, 0.05) is 28.9 Å². The molecule has 2 amide bonds. The summed E-state index contributed by atoms with van der Waals surface area (Å²) >= 11 is 6.16. The maximum Gasteiger partial charge on any atom is 0.326 e. The molecule has 0 spiro atoms. The van der Waals surface area contributed by atoms with Crippen molar-refractivity contribution in [2.24, 2.45) is 5.92 Å². The van der Waals surface area contributed by atoms with Gasteiger partial charge in [-0.05, 0) is 43.5 Å². The maximum atomic E-state index is 13.8. The molecule has 0 saturated heterocycles. The van der Waals surface area contributed by atoms with Gasteiger partial charge in [-0.3, -0.25) is 24.4 Å². The third-order valence-electron chi connectivity index (χ3n) is 5.68. The van der Waals surface area contributed by atoms with Crippen molar-refractivity contribution in [3.63, 3.8) is 0 Å². The maximum absolute atomic E-state index is 13.8. The lowest BCUT2D eigenvalue weighted by Gasteiger charge is -2.16. The third-order valence-corrected chi connectivity index (χ3v) is 5.91. The first kappa shape index (κ1) is 23.7. The van der Waals surface area contributed by atoms with Crippen molar-refractivity contribution >= 4 is 34.7 Å². The number of nitrogens with zero attached hydrogens (tertiary/aromatic N) is 3. The molecule has 1 aliphatic rings. The van der Waals surface area contributed by atoms with E-state index in [1.165, 1.54) is 9.58 Å². The number of aromatic amines is 1. The molecule has 34 heavy (non-hydrogen) atoms. The molecule has 2 aromatic heterocycles. The molecule has 4 rings (SSSR count). The van der Waals surface area contributed by atoms with Crippen LogP contribution in [0.15, 0.2) is 53.6 Å². The summed E-state index contributed by atoms with van der Waals surface area (Å²) in [6.07, 6.45) is 4.81. The van der Waals surface area contributed by atoms with Gasteiger partial charge in [0.25, 0.3) is 17.2 Å². The molecule has 0 aliphatic carbocycles. The molecule has 0 atom stereocenters. The Hall–Kier alpha value is -3.45. The van der Waals surface area contributed by atoms with Crippen LogP contribution in [0.1, 0.15) is 44.0 Å². The van der Waals surface area contributed by atoms with Crippen molar-refractivity contribution in [2.45, 2.75) is 40.5 Å². The summed E-state index contributed by atoms with van der Waals surface area (Å²) < 4.78 is 3.04. The molecule has 1 N–H and O–H groups in total. The highest BCUT2D eigenvalue weighted by Gasteiger charge is 2.47. The summed E-state index contributed by atoms with van der Waals surface area (Å²) in [5.41, 5.74) is 2.27. The van der Waals surface area contributed by atoms with Crippen LogP contribution in [0, 0.1) is 12.8 Å². The van der Waals surface area contributed by atoms with Gasteiger partial charge >= 0.3 is 5.91 Å². The normalized spacial score (nSPS) is 14.1. The summed E-state index contributed by atoms with van der Waals surface area (Å²) in [5.74, 6) is -0.767. The van der Waals surface area contributed by atoms with Gasteiger partial charge in [-0.1, -0.05) is 44.9 Å². The molecule has 176 valence electrons. The fourth-order valence-corrected chi connectivity index (χ4v) is 4.44. The zero-order chi connectivity index (χ0) is 24.6. The van der Waals surface area contributed by atoms with E-state index in [-0.39, 0.29) is 34.9 Å². The van der Waals surface area contributed by atoms with Crippen LogP contribution in [-0.4, -0.2) is 33.0 Å². The molecule has 3 aromatic rings. The Morgan fingerprint density at radius 3 is 2.50 bits per heavy atom. The van der Waals surface area contributed by atoms with Crippen LogP contribution >= 0.6 is 11.6 Å². The van der Waals surface area contributed by atoms with Crippen LogP contribution in [0.3, 0.4) is 0 Å². The van der Waals surface area contributed by atoms with E-state index in [9.17, 15) is 14.4 Å². The minimum atomic E-state index is -0.450. The van der Waals surface area contributed by atoms with Gasteiger partial charge in [0.05, 0.1) is 11.3 Å². The van der Waals surface area contributed by atoms with Gasteiger partial charge in [-0.15, -0.1) is 0 Å². The number of carbonyl (C=O) groups excluding carboxylic acids is 2. The Labute approximate surface area is 203 Å². The monoisotopic (exact) mass is 479 g/mol.